The molecule has 5 heteroatoms. The predicted molar refractivity (Wildman–Crippen MR) is 68.4 cm³/mol. The second kappa shape index (κ2) is 5.08. The van der Waals surface area contributed by atoms with Crippen LogP contribution in [0.1, 0.15) is 17.4 Å². The second-order valence-electron chi connectivity index (χ2n) is 3.80. The molecule has 3 nitrogen and oxygen atoms in total. The lowest BCUT2D eigenvalue weighted by Gasteiger charge is -2.13. The third-order valence-electron chi connectivity index (χ3n) is 2.65. The van der Waals surface area contributed by atoms with Crippen LogP contribution < -0.4 is 0 Å². The van der Waals surface area contributed by atoms with E-state index in [9.17, 15) is 5.11 Å². The van der Waals surface area contributed by atoms with Crippen LogP contribution >= 0.6 is 23.2 Å². The molecule has 0 aliphatic carbocycles. The molecule has 1 atom stereocenters. The number of aromatic nitrogens is 2. The maximum absolute atomic E-state index is 10.1. The molecule has 0 aliphatic rings. The van der Waals surface area contributed by atoms with Gasteiger partial charge in [-0.05, 0) is 13.0 Å². The molecule has 1 heterocycles. The van der Waals surface area contributed by atoms with E-state index in [0.29, 0.717) is 22.2 Å². The molecule has 0 aliphatic heterocycles. The molecule has 0 fully saturated rings. The first-order chi connectivity index (χ1) is 8.09. The molecule has 0 saturated heterocycles. The Morgan fingerprint density at radius 1 is 1.29 bits per heavy atom. The smallest absolute Gasteiger partial charge is 0.1000 e. The van der Waals surface area contributed by atoms with Crippen molar-refractivity contribution in [3.05, 3.63) is 51.8 Å². The van der Waals surface area contributed by atoms with Gasteiger partial charge in [0.1, 0.15) is 0 Å². The van der Waals surface area contributed by atoms with Crippen LogP contribution in [0.3, 0.4) is 0 Å². The summed E-state index contributed by atoms with van der Waals surface area (Å²) in [4.78, 5) is 0. The van der Waals surface area contributed by atoms with Gasteiger partial charge < -0.3 is 5.11 Å². The molecule has 90 valence electrons. The van der Waals surface area contributed by atoms with E-state index in [2.05, 4.69) is 5.10 Å². The number of nitrogens with zero attached hydrogens (tertiary/aromatic N) is 2. The highest BCUT2D eigenvalue weighted by Crippen LogP contribution is 2.24. The summed E-state index contributed by atoms with van der Waals surface area (Å²) >= 11 is 11.9. The first kappa shape index (κ1) is 12.4. The zero-order chi connectivity index (χ0) is 12.4. The quantitative estimate of drug-likeness (QED) is 0.930. The highest BCUT2D eigenvalue weighted by atomic mass is 35.5. The molecule has 0 saturated carbocycles. The van der Waals surface area contributed by atoms with Crippen LogP contribution in [0.15, 0.2) is 30.5 Å². The van der Waals surface area contributed by atoms with E-state index in [1.807, 2.05) is 19.1 Å². The fraction of sp³-hybridized carbons (Fsp3) is 0.250. The van der Waals surface area contributed by atoms with E-state index in [4.69, 9.17) is 23.2 Å². The van der Waals surface area contributed by atoms with Crippen molar-refractivity contribution >= 4 is 23.2 Å². The summed E-state index contributed by atoms with van der Waals surface area (Å²) < 4.78 is 1.66. The van der Waals surface area contributed by atoms with Gasteiger partial charge >= 0.3 is 0 Å². The minimum Gasteiger partial charge on any atom is -0.386 e. The van der Waals surface area contributed by atoms with Gasteiger partial charge in [0, 0.05) is 10.6 Å². The minimum absolute atomic E-state index is 0.336. The first-order valence-corrected chi connectivity index (χ1v) is 5.95. The van der Waals surface area contributed by atoms with E-state index in [-0.39, 0.29) is 0 Å². The normalized spacial score (nSPS) is 12.7. The minimum atomic E-state index is -0.696. The van der Waals surface area contributed by atoms with Crippen molar-refractivity contribution in [2.45, 2.75) is 19.6 Å². The molecule has 2 rings (SSSR count). The third-order valence-corrected chi connectivity index (χ3v) is 3.37. The maximum Gasteiger partial charge on any atom is 0.1000 e. The average Bonchev–Trinajstić information content (AvgIpc) is 2.61. The lowest BCUT2D eigenvalue weighted by molar-refractivity contribution is 0.150. The van der Waals surface area contributed by atoms with Crippen LogP contribution in [0, 0.1) is 6.92 Å². The van der Waals surface area contributed by atoms with Crippen molar-refractivity contribution in [2.24, 2.45) is 0 Å². The Kier molecular flexibility index (Phi) is 3.72. The van der Waals surface area contributed by atoms with Gasteiger partial charge in [-0.15, -0.1) is 0 Å². The highest BCUT2D eigenvalue weighted by Gasteiger charge is 2.14. The highest BCUT2D eigenvalue weighted by molar-refractivity contribution is 6.31. The van der Waals surface area contributed by atoms with Crippen LogP contribution in [0.5, 0.6) is 0 Å². The number of halogens is 2. The summed E-state index contributed by atoms with van der Waals surface area (Å²) in [5.41, 5.74) is 1.53. The van der Waals surface area contributed by atoms with E-state index in [0.717, 1.165) is 5.69 Å². The Balaban J connectivity index is 2.20. The van der Waals surface area contributed by atoms with Gasteiger partial charge in [-0.2, -0.15) is 5.10 Å². The monoisotopic (exact) mass is 270 g/mol. The summed E-state index contributed by atoms with van der Waals surface area (Å²) in [5.74, 6) is 0. The van der Waals surface area contributed by atoms with Crippen molar-refractivity contribution < 1.29 is 5.11 Å². The molecule has 2 aromatic rings. The number of rotatable bonds is 3. The largest absolute Gasteiger partial charge is 0.386 e. The Bertz CT molecular complexity index is 525. The molecule has 1 N–H and O–H groups in total. The molecule has 17 heavy (non-hydrogen) atoms. The second-order valence-corrected chi connectivity index (χ2v) is 4.61. The zero-order valence-corrected chi connectivity index (χ0v) is 10.8. The third kappa shape index (κ3) is 2.63. The topological polar surface area (TPSA) is 38.0 Å². The van der Waals surface area contributed by atoms with Crippen molar-refractivity contribution in [1.29, 1.82) is 0 Å². The molecule has 1 unspecified atom stereocenters. The summed E-state index contributed by atoms with van der Waals surface area (Å²) in [6.45, 7) is 2.19. The van der Waals surface area contributed by atoms with Crippen molar-refractivity contribution in [3.8, 4) is 0 Å². The zero-order valence-electron chi connectivity index (χ0n) is 9.27. The molecule has 0 radical (unpaired) electrons. The molecule has 1 aromatic carbocycles. The number of hydrogen-bond acceptors (Lipinski definition) is 2. The van der Waals surface area contributed by atoms with Crippen LogP contribution in [-0.2, 0) is 6.54 Å². The summed E-state index contributed by atoms with van der Waals surface area (Å²) in [5, 5.41) is 15.3. The Morgan fingerprint density at radius 3 is 2.59 bits per heavy atom. The van der Waals surface area contributed by atoms with E-state index in [1.165, 1.54) is 0 Å². The number of benzene rings is 1. The Hall–Kier alpha value is -1.03. The van der Waals surface area contributed by atoms with Gasteiger partial charge in [0.15, 0.2) is 0 Å². The fourth-order valence-electron chi connectivity index (χ4n) is 1.62. The number of aliphatic hydroxyl groups is 1. The van der Waals surface area contributed by atoms with Crippen molar-refractivity contribution in [3.63, 3.8) is 0 Å². The van der Waals surface area contributed by atoms with Gasteiger partial charge in [0.25, 0.3) is 0 Å². The summed E-state index contributed by atoms with van der Waals surface area (Å²) in [7, 11) is 0. The van der Waals surface area contributed by atoms with Gasteiger partial charge in [0.2, 0.25) is 0 Å². The molecule has 1 aromatic heterocycles. The maximum atomic E-state index is 10.1. The standard InChI is InChI=1S/C12H12Cl2N2O/c1-8-11(14)6-15-16(8)7-12(17)9-4-2-3-5-10(9)13/h2-6,12,17H,7H2,1H3. The predicted octanol–water partition coefficient (Wildman–Crippen LogP) is 3.23. The number of hydrogen-bond donors (Lipinski definition) is 1. The number of aliphatic hydroxyl groups excluding tert-OH is 1. The van der Waals surface area contributed by atoms with Crippen LogP contribution in [0.2, 0.25) is 10.0 Å². The van der Waals surface area contributed by atoms with Crippen molar-refractivity contribution in [1.82, 2.24) is 9.78 Å². The van der Waals surface area contributed by atoms with Crippen LogP contribution in [0.4, 0.5) is 0 Å². The van der Waals surface area contributed by atoms with Crippen molar-refractivity contribution in [2.75, 3.05) is 0 Å². The summed E-state index contributed by atoms with van der Waals surface area (Å²) in [6.07, 6.45) is 0.870. The molecule has 0 spiro atoms. The van der Waals surface area contributed by atoms with Crippen LogP contribution in [-0.4, -0.2) is 14.9 Å². The van der Waals surface area contributed by atoms with E-state index < -0.39 is 6.10 Å². The fourth-order valence-corrected chi connectivity index (χ4v) is 2.02. The first-order valence-electron chi connectivity index (χ1n) is 5.20. The van der Waals surface area contributed by atoms with Gasteiger partial charge in [-0.3, -0.25) is 4.68 Å². The lowest BCUT2D eigenvalue weighted by Crippen LogP contribution is -2.11. The van der Waals surface area contributed by atoms with Gasteiger partial charge in [0.05, 0.1) is 29.6 Å². The molecular weight excluding hydrogens is 259 g/mol. The van der Waals surface area contributed by atoms with E-state index in [1.54, 1.807) is 23.0 Å². The molecule has 0 bridgehead atoms. The average molecular weight is 271 g/mol. The molecule has 0 amide bonds. The van der Waals surface area contributed by atoms with Crippen LogP contribution in [0.25, 0.3) is 0 Å². The lowest BCUT2D eigenvalue weighted by atomic mass is 10.1. The molecular formula is C12H12Cl2N2O. The SMILES string of the molecule is Cc1c(Cl)cnn1CC(O)c1ccccc1Cl. The van der Waals surface area contributed by atoms with E-state index >= 15 is 0 Å². The van der Waals surface area contributed by atoms with Gasteiger partial charge in [-0.25, -0.2) is 0 Å². The van der Waals surface area contributed by atoms with Gasteiger partial charge in [-0.1, -0.05) is 41.4 Å². The Labute approximate surface area is 110 Å². The Morgan fingerprint density at radius 2 is 2.00 bits per heavy atom. The summed E-state index contributed by atoms with van der Waals surface area (Å²) in [6, 6.07) is 7.22.